The highest BCUT2D eigenvalue weighted by molar-refractivity contribution is 5.01. The van der Waals surface area contributed by atoms with Gasteiger partial charge in [-0.05, 0) is 44.7 Å². The van der Waals surface area contributed by atoms with Crippen LogP contribution >= 0.6 is 0 Å². The van der Waals surface area contributed by atoms with Crippen LogP contribution in [0.5, 0.6) is 0 Å². The highest BCUT2D eigenvalue weighted by Crippen LogP contribution is 2.31. The summed E-state index contributed by atoms with van der Waals surface area (Å²) in [6.45, 7) is 3.08. The maximum Gasteiger partial charge on any atom is 0.280 e. The van der Waals surface area contributed by atoms with Crippen molar-refractivity contribution in [1.82, 2.24) is 14.5 Å². The summed E-state index contributed by atoms with van der Waals surface area (Å²) in [5, 5.41) is 10.5. The molecular formula is C17H25F2N3O2. The van der Waals surface area contributed by atoms with Crippen molar-refractivity contribution < 1.29 is 13.9 Å². The Balaban J connectivity index is 1.51. The molecule has 0 radical (unpaired) electrons. The number of nitrogens with zero attached hydrogens (tertiary/aromatic N) is 3. The van der Waals surface area contributed by atoms with E-state index in [1.54, 1.807) is 0 Å². The molecule has 2 fully saturated rings. The van der Waals surface area contributed by atoms with Gasteiger partial charge in [0, 0.05) is 19.2 Å². The molecule has 0 unspecified atom stereocenters. The SMILES string of the molecule is O=c1cc(C(F)F)ncn1CC1CCN(CC2(O)CCCC2)CC1. The quantitative estimate of drug-likeness (QED) is 0.892. The molecule has 1 aliphatic heterocycles. The van der Waals surface area contributed by atoms with E-state index in [-0.39, 0.29) is 0 Å². The third kappa shape index (κ3) is 4.19. The summed E-state index contributed by atoms with van der Waals surface area (Å²) in [6.07, 6.45) is 4.41. The van der Waals surface area contributed by atoms with E-state index in [0.29, 0.717) is 12.5 Å². The van der Waals surface area contributed by atoms with Crippen molar-refractivity contribution in [2.75, 3.05) is 19.6 Å². The number of piperidine rings is 1. The summed E-state index contributed by atoms with van der Waals surface area (Å²) in [5.41, 5.74) is -1.39. The Labute approximate surface area is 140 Å². The fourth-order valence-corrected chi connectivity index (χ4v) is 3.91. The van der Waals surface area contributed by atoms with Crippen LogP contribution in [0.25, 0.3) is 0 Å². The van der Waals surface area contributed by atoms with Crippen molar-refractivity contribution in [1.29, 1.82) is 0 Å². The molecule has 0 amide bonds. The van der Waals surface area contributed by atoms with Crippen LogP contribution in [-0.2, 0) is 6.54 Å². The second kappa shape index (κ2) is 7.27. The van der Waals surface area contributed by atoms with E-state index in [2.05, 4.69) is 9.88 Å². The molecule has 3 rings (SSSR count). The molecule has 1 saturated carbocycles. The lowest BCUT2D eigenvalue weighted by Crippen LogP contribution is -2.45. The molecule has 2 aliphatic rings. The average Bonchev–Trinajstić information content (AvgIpc) is 2.97. The largest absolute Gasteiger partial charge is 0.389 e. The third-order valence-electron chi connectivity index (χ3n) is 5.34. The first kappa shape index (κ1) is 17.5. The maximum atomic E-state index is 12.5. The van der Waals surface area contributed by atoms with Gasteiger partial charge in [0.15, 0.2) is 0 Å². The van der Waals surface area contributed by atoms with Crippen molar-refractivity contribution in [3.8, 4) is 0 Å². The van der Waals surface area contributed by atoms with Crippen molar-refractivity contribution in [2.24, 2.45) is 5.92 Å². The Kier molecular flexibility index (Phi) is 5.30. The molecule has 2 heterocycles. The van der Waals surface area contributed by atoms with Crippen LogP contribution in [-0.4, -0.2) is 44.8 Å². The normalized spacial score (nSPS) is 22.3. The predicted octanol–water partition coefficient (Wildman–Crippen LogP) is 2.20. The average molecular weight is 341 g/mol. The molecule has 0 bridgehead atoms. The summed E-state index contributed by atoms with van der Waals surface area (Å²) in [4.78, 5) is 17.9. The molecule has 0 atom stereocenters. The van der Waals surface area contributed by atoms with Crippen LogP contribution in [0.3, 0.4) is 0 Å². The fourth-order valence-electron chi connectivity index (χ4n) is 3.91. The van der Waals surface area contributed by atoms with Crippen LogP contribution in [0.1, 0.15) is 50.6 Å². The minimum absolute atomic E-state index is 0.344. The number of alkyl halides is 2. The Morgan fingerprint density at radius 1 is 1.29 bits per heavy atom. The van der Waals surface area contributed by atoms with Crippen LogP contribution in [0.4, 0.5) is 8.78 Å². The summed E-state index contributed by atoms with van der Waals surface area (Å²) in [7, 11) is 0. The number of β-amino-alcohol motifs (C(OH)–C–C–N with tert-alkyl or cyclic N) is 1. The number of rotatable bonds is 5. The number of aromatic nitrogens is 2. The Hall–Kier alpha value is -1.34. The monoisotopic (exact) mass is 341 g/mol. The molecule has 0 spiro atoms. The number of aliphatic hydroxyl groups is 1. The van der Waals surface area contributed by atoms with Gasteiger partial charge in [-0.2, -0.15) is 0 Å². The molecule has 1 aromatic rings. The van der Waals surface area contributed by atoms with Gasteiger partial charge in [0.25, 0.3) is 12.0 Å². The van der Waals surface area contributed by atoms with E-state index in [0.717, 1.165) is 64.2 Å². The second-order valence-corrected chi connectivity index (χ2v) is 7.26. The van der Waals surface area contributed by atoms with Gasteiger partial charge in [-0.1, -0.05) is 12.8 Å². The smallest absolute Gasteiger partial charge is 0.280 e. The first-order valence-corrected chi connectivity index (χ1v) is 8.74. The Bertz CT molecular complexity index is 606. The van der Waals surface area contributed by atoms with Gasteiger partial charge in [0.1, 0.15) is 5.69 Å². The molecule has 5 nitrogen and oxygen atoms in total. The maximum absolute atomic E-state index is 12.5. The Morgan fingerprint density at radius 2 is 1.96 bits per heavy atom. The molecule has 134 valence electrons. The van der Waals surface area contributed by atoms with Gasteiger partial charge in [0.2, 0.25) is 0 Å². The molecular weight excluding hydrogens is 316 g/mol. The topological polar surface area (TPSA) is 58.4 Å². The van der Waals surface area contributed by atoms with E-state index in [4.69, 9.17) is 0 Å². The van der Waals surface area contributed by atoms with Gasteiger partial charge in [-0.25, -0.2) is 13.8 Å². The van der Waals surface area contributed by atoms with Crippen LogP contribution in [0, 0.1) is 5.92 Å². The summed E-state index contributed by atoms with van der Waals surface area (Å²) in [5.74, 6) is 0.344. The van der Waals surface area contributed by atoms with Crippen LogP contribution < -0.4 is 5.56 Å². The van der Waals surface area contributed by atoms with Crippen LogP contribution in [0.15, 0.2) is 17.2 Å². The van der Waals surface area contributed by atoms with Gasteiger partial charge >= 0.3 is 0 Å². The first-order chi connectivity index (χ1) is 11.5. The zero-order valence-corrected chi connectivity index (χ0v) is 13.8. The zero-order valence-electron chi connectivity index (χ0n) is 13.8. The van der Waals surface area contributed by atoms with Crippen LogP contribution in [0.2, 0.25) is 0 Å². The van der Waals surface area contributed by atoms with Crippen molar-refractivity contribution in [3.63, 3.8) is 0 Å². The summed E-state index contributed by atoms with van der Waals surface area (Å²) < 4.78 is 26.5. The standard InChI is InChI=1S/C17H25F2N3O2/c18-16(19)14-9-15(23)22(12-20-14)10-13-3-7-21(8-4-13)11-17(24)5-1-2-6-17/h9,12-13,16,24H,1-8,10-11H2. The van der Waals surface area contributed by atoms with Crippen molar-refractivity contribution in [3.05, 3.63) is 28.4 Å². The zero-order chi connectivity index (χ0) is 17.2. The predicted molar refractivity (Wildman–Crippen MR) is 86.0 cm³/mol. The fraction of sp³-hybridized carbons (Fsp3) is 0.765. The molecule has 1 aromatic heterocycles. The summed E-state index contributed by atoms with van der Waals surface area (Å²) >= 11 is 0. The van der Waals surface area contributed by atoms with Crippen molar-refractivity contribution >= 4 is 0 Å². The van der Waals surface area contributed by atoms with Gasteiger partial charge < -0.3 is 10.0 Å². The first-order valence-electron chi connectivity index (χ1n) is 8.74. The van der Waals surface area contributed by atoms with E-state index in [1.807, 2.05) is 0 Å². The van der Waals surface area contributed by atoms with E-state index < -0.39 is 23.3 Å². The van der Waals surface area contributed by atoms with E-state index in [9.17, 15) is 18.7 Å². The summed E-state index contributed by atoms with van der Waals surface area (Å²) in [6, 6.07) is 0.926. The van der Waals surface area contributed by atoms with Crippen molar-refractivity contribution in [2.45, 2.75) is 57.1 Å². The second-order valence-electron chi connectivity index (χ2n) is 7.26. The van der Waals surface area contributed by atoms with E-state index in [1.165, 1.54) is 10.9 Å². The highest BCUT2D eigenvalue weighted by Gasteiger charge is 2.34. The van der Waals surface area contributed by atoms with Gasteiger partial charge in [-0.15, -0.1) is 0 Å². The lowest BCUT2D eigenvalue weighted by atomic mass is 9.94. The minimum Gasteiger partial charge on any atom is -0.389 e. The molecule has 7 heteroatoms. The number of hydrogen-bond acceptors (Lipinski definition) is 4. The molecule has 1 N–H and O–H groups in total. The minimum atomic E-state index is -2.71. The van der Waals surface area contributed by atoms with E-state index >= 15 is 0 Å². The van der Waals surface area contributed by atoms with Gasteiger partial charge in [0.05, 0.1) is 11.9 Å². The molecule has 1 saturated heterocycles. The lowest BCUT2D eigenvalue weighted by Gasteiger charge is -2.36. The highest BCUT2D eigenvalue weighted by atomic mass is 19.3. The number of likely N-dealkylation sites (tertiary alicyclic amines) is 1. The molecule has 1 aliphatic carbocycles. The van der Waals surface area contributed by atoms with Gasteiger partial charge in [-0.3, -0.25) is 9.36 Å². The third-order valence-corrected chi connectivity index (χ3v) is 5.34. The number of hydrogen-bond donors (Lipinski definition) is 1. The molecule has 0 aromatic carbocycles. The molecule has 24 heavy (non-hydrogen) atoms. The number of halogens is 2. The lowest BCUT2D eigenvalue weighted by molar-refractivity contribution is -0.000629. The Morgan fingerprint density at radius 3 is 2.54 bits per heavy atom.